The summed E-state index contributed by atoms with van der Waals surface area (Å²) >= 11 is 0. The lowest BCUT2D eigenvalue weighted by atomic mass is 10.1. The van der Waals surface area contributed by atoms with Crippen LogP contribution in [0.25, 0.3) is 0 Å². The maximum absolute atomic E-state index is 12.2. The predicted molar refractivity (Wildman–Crippen MR) is 83.7 cm³/mol. The van der Waals surface area contributed by atoms with Crippen molar-refractivity contribution in [2.45, 2.75) is 38.8 Å². The van der Waals surface area contributed by atoms with E-state index in [9.17, 15) is 4.79 Å². The number of ether oxygens (including phenoxy) is 1. The third-order valence-corrected chi connectivity index (χ3v) is 4.09. The van der Waals surface area contributed by atoms with Crippen LogP contribution in [-0.2, 0) is 30.7 Å². The van der Waals surface area contributed by atoms with Crippen LogP contribution in [0.2, 0.25) is 0 Å². The molecule has 2 aromatic rings. The average Bonchev–Trinajstić information content (AvgIpc) is 2.97. The van der Waals surface area contributed by atoms with Gasteiger partial charge in [-0.15, -0.1) is 0 Å². The van der Waals surface area contributed by atoms with Crippen LogP contribution < -0.4 is 10.1 Å². The van der Waals surface area contributed by atoms with Gasteiger partial charge in [0.15, 0.2) is 0 Å². The van der Waals surface area contributed by atoms with Gasteiger partial charge >= 0.3 is 0 Å². The maximum atomic E-state index is 12.2. The van der Waals surface area contributed by atoms with E-state index in [1.165, 1.54) is 18.5 Å². The first kappa shape index (κ1) is 14.6. The van der Waals surface area contributed by atoms with Crippen molar-refractivity contribution < 1.29 is 9.53 Å². The first-order valence-corrected chi connectivity index (χ1v) is 7.70. The SMILES string of the molecule is COc1ccccc1CC(=O)NCc1cnn2c1CCCC2. The second kappa shape index (κ2) is 6.64. The van der Waals surface area contributed by atoms with Gasteiger partial charge in [0.25, 0.3) is 0 Å². The highest BCUT2D eigenvalue weighted by Gasteiger charge is 2.15. The van der Waals surface area contributed by atoms with Crippen LogP contribution in [0.3, 0.4) is 0 Å². The molecule has 5 nitrogen and oxygen atoms in total. The summed E-state index contributed by atoms with van der Waals surface area (Å²) in [6.45, 7) is 1.54. The number of nitrogens with zero attached hydrogens (tertiary/aromatic N) is 2. The highest BCUT2D eigenvalue weighted by atomic mass is 16.5. The largest absolute Gasteiger partial charge is 0.496 e. The molecule has 5 heteroatoms. The van der Waals surface area contributed by atoms with Crippen molar-refractivity contribution in [2.24, 2.45) is 0 Å². The second-order valence-electron chi connectivity index (χ2n) is 5.56. The Morgan fingerprint density at radius 2 is 2.18 bits per heavy atom. The summed E-state index contributed by atoms with van der Waals surface area (Å²) in [5, 5.41) is 7.38. The summed E-state index contributed by atoms with van der Waals surface area (Å²) in [5.74, 6) is 0.751. The van der Waals surface area contributed by atoms with Crippen LogP contribution in [0.15, 0.2) is 30.5 Å². The lowest BCUT2D eigenvalue weighted by molar-refractivity contribution is -0.120. The molecular weight excluding hydrogens is 278 g/mol. The zero-order valence-corrected chi connectivity index (χ0v) is 12.8. The number of aromatic nitrogens is 2. The molecule has 1 N–H and O–H groups in total. The van der Waals surface area contributed by atoms with Gasteiger partial charge in [-0.3, -0.25) is 9.48 Å². The van der Waals surface area contributed by atoms with E-state index in [0.717, 1.165) is 29.8 Å². The molecule has 0 radical (unpaired) electrons. The van der Waals surface area contributed by atoms with Gasteiger partial charge in [-0.25, -0.2) is 0 Å². The topological polar surface area (TPSA) is 56.1 Å². The van der Waals surface area contributed by atoms with Crippen LogP contribution in [0.5, 0.6) is 5.75 Å². The van der Waals surface area contributed by atoms with Gasteiger partial charge in [-0.2, -0.15) is 5.10 Å². The van der Waals surface area contributed by atoms with Gasteiger partial charge in [0.05, 0.1) is 19.7 Å². The molecule has 0 fully saturated rings. The molecule has 1 amide bonds. The number of amides is 1. The number of para-hydroxylation sites is 1. The Kier molecular flexibility index (Phi) is 4.42. The Morgan fingerprint density at radius 3 is 3.05 bits per heavy atom. The van der Waals surface area contributed by atoms with Crippen molar-refractivity contribution in [1.82, 2.24) is 15.1 Å². The number of hydrogen-bond acceptors (Lipinski definition) is 3. The third-order valence-electron chi connectivity index (χ3n) is 4.09. The number of rotatable bonds is 5. The minimum Gasteiger partial charge on any atom is -0.496 e. The van der Waals surface area contributed by atoms with Crippen molar-refractivity contribution >= 4 is 5.91 Å². The highest BCUT2D eigenvalue weighted by Crippen LogP contribution is 2.19. The summed E-state index contributed by atoms with van der Waals surface area (Å²) in [7, 11) is 1.62. The fourth-order valence-electron chi connectivity index (χ4n) is 2.91. The second-order valence-corrected chi connectivity index (χ2v) is 5.56. The Bertz CT molecular complexity index is 664. The van der Waals surface area contributed by atoms with Crippen LogP contribution >= 0.6 is 0 Å². The van der Waals surface area contributed by atoms with E-state index in [-0.39, 0.29) is 5.91 Å². The van der Waals surface area contributed by atoms with Crippen LogP contribution in [-0.4, -0.2) is 22.8 Å². The summed E-state index contributed by atoms with van der Waals surface area (Å²) in [6.07, 6.45) is 5.65. The fourth-order valence-corrected chi connectivity index (χ4v) is 2.91. The minimum absolute atomic E-state index is 0.000240. The van der Waals surface area contributed by atoms with Crippen molar-refractivity contribution in [1.29, 1.82) is 0 Å². The molecular formula is C17H21N3O2. The van der Waals surface area contributed by atoms with Gasteiger partial charge in [0.2, 0.25) is 5.91 Å². The zero-order chi connectivity index (χ0) is 15.4. The molecule has 0 saturated heterocycles. The number of fused-ring (bicyclic) bond motifs is 1. The zero-order valence-electron chi connectivity index (χ0n) is 12.8. The number of aryl methyl sites for hydroxylation is 1. The number of benzene rings is 1. The Balaban J connectivity index is 1.60. The van der Waals surface area contributed by atoms with Gasteiger partial charge in [-0.1, -0.05) is 18.2 Å². The van der Waals surface area contributed by atoms with E-state index >= 15 is 0 Å². The van der Waals surface area contributed by atoms with E-state index in [0.29, 0.717) is 13.0 Å². The molecule has 0 atom stereocenters. The first-order chi connectivity index (χ1) is 10.8. The molecule has 1 aliphatic heterocycles. The molecule has 3 rings (SSSR count). The summed E-state index contributed by atoms with van der Waals surface area (Å²) in [5.41, 5.74) is 3.30. The van der Waals surface area contributed by atoms with E-state index < -0.39 is 0 Å². The number of hydrogen-bond donors (Lipinski definition) is 1. The predicted octanol–water partition coefficient (Wildman–Crippen LogP) is 2.09. The van der Waals surface area contributed by atoms with Gasteiger partial charge in [0, 0.05) is 29.9 Å². The highest BCUT2D eigenvalue weighted by molar-refractivity contribution is 5.79. The Hall–Kier alpha value is -2.30. The molecule has 0 unspecified atom stereocenters. The van der Waals surface area contributed by atoms with E-state index in [2.05, 4.69) is 15.1 Å². The smallest absolute Gasteiger partial charge is 0.224 e. The minimum atomic E-state index is 0.000240. The summed E-state index contributed by atoms with van der Waals surface area (Å²) in [4.78, 5) is 12.2. The van der Waals surface area contributed by atoms with Crippen molar-refractivity contribution in [3.8, 4) is 5.75 Å². The molecule has 0 bridgehead atoms. The molecule has 22 heavy (non-hydrogen) atoms. The molecule has 1 aromatic carbocycles. The van der Waals surface area contributed by atoms with E-state index in [1.54, 1.807) is 7.11 Å². The molecule has 0 spiro atoms. The maximum Gasteiger partial charge on any atom is 0.224 e. The quantitative estimate of drug-likeness (QED) is 0.919. The fraction of sp³-hybridized carbons (Fsp3) is 0.412. The standard InChI is InChI=1S/C17H21N3O2/c1-22-16-8-3-2-6-13(16)10-17(21)18-11-14-12-19-20-9-5-4-7-15(14)20/h2-3,6,8,12H,4-5,7,9-11H2,1H3,(H,18,21). The van der Waals surface area contributed by atoms with E-state index in [4.69, 9.17) is 4.74 Å². The number of carbonyl (C=O) groups excluding carboxylic acids is 1. The van der Waals surface area contributed by atoms with Crippen LogP contribution in [0, 0.1) is 0 Å². The van der Waals surface area contributed by atoms with Crippen molar-refractivity contribution in [2.75, 3.05) is 7.11 Å². The summed E-state index contributed by atoms with van der Waals surface area (Å²) < 4.78 is 7.34. The van der Waals surface area contributed by atoms with Gasteiger partial charge < -0.3 is 10.1 Å². The van der Waals surface area contributed by atoms with Crippen molar-refractivity contribution in [3.63, 3.8) is 0 Å². The Labute approximate surface area is 130 Å². The first-order valence-electron chi connectivity index (χ1n) is 7.70. The molecule has 0 aliphatic carbocycles. The van der Waals surface area contributed by atoms with Gasteiger partial charge in [0.1, 0.15) is 5.75 Å². The monoisotopic (exact) mass is 299 g/mol. The molecule has 1 aromatic heterocycles. The van der Waals surface area contributed by atoms with Crippen molar-refractivity contribution in [3.05, 3.63) is 47.3 Å². The van der Waals surface area contributed by atoms with E-state index in [1.807, 2.05) is 30.5 Å². The average molecular weight is 299 g/mol. The number of methoxy groups -OCH3 is 1. The lowest BCUT2D eigenvalue weighted by Gasteiger charge is -2.15. The normalized spacial score (nSPS) is 13.5. The third kappa shape index (κ3) is 3.13. The van der Waals surface area contributed by atoms with Crippen LogP contribution in [0.1, 0.15) is 29.7 Å². The Morgan fingerprint density at radius 1 is 1.32 bits per heavy atom. The number of carbonyl (C=O) groups is 1. The number of nitrogens with one attached hydrogen (secondary N) is 1. The summed E-state index contributed by atoms with van der Waals surface area (Å²) in [6, 6.07) is 7.61. The van der Waals surface area contributed by atoms with Gasteiger partial charge in [-0.05, 0) is 25.3 Å². The van der Waals surface area contributed by atoms with Crippen LogP contribution in [0.4, 0.5) is 0 Å². The molecule has 2 heterocycles. The lowest BCUT2D eigenvalue weighted by Crippen LogP contribution is -2.25. The molecule has 1 aliphatic rings. The molecule has 0 saturated carbocycles. The molecule has 116 valence electrons.